The average Bonchev–Trinajstić information content (AvgIpc) is 2.47. The zero-order chi connectivity index (χ0) is 15.4. The van der Waals surface area contributed by atoms with Gasteiger partial charge in [-0.25, -0.2) is 0 Å². The summed E-state index contributed by atoms with van der Waals surface area (Å²) in [7, 11) is 0. The molecular weight excluding hydrogens is 288 g/mol. The molecule has 114 valence electrons. The minimum atomic E-state index is -0.483. The van der Waals surface area contributed by atoms with E-state index in [0.29, 0.717) is 18.7 Å². The van der Waals surface area contributed by atoms with Gasteiger partial charge in [-0.2, -0.15) is 0 Å². The second kappa shape index (κ2) is 6.94. The summed E-state index contributed by atoms with van der Waals surface area (Å²) in [6.45, 7) is 4.91. The third-order valence-electron chi connectivity index (χ3n) is 3.87. The van der Waals surface area contributed by atoms with Crippen LogP contribution in [0, 0.1) is 6.92 Å². The molecule has 1 fully saturated rings. The van der Waals surface area contributed by atoms with Crippen molar-refractivity contribution in [2.24, 2.45) is 0 Å². The van der Waals surface area contributed by atoms with E-state index in [4.69, 9.17) is 11.6 Å². The van der Waals surface area contributed by atoms with Crippen LogP contribution in [-0.2, 0) is 4.79 Å². The van der Waals surface area contributed by atoms with Crippen molar-refractivity contribution in [2.75, 3.05) is 13.1 Å². The van der Waals surface area contributed by atoms with Crippen molar-refractivity contribution in [1.29, 1.82) is 0 Å². The van der Waals surface area contributed by atoms with E-state index >= 15 is 0 Å². The normalized spacial score (nSPS) is 17.4. The Kier molecular flexibility index (Phi) is 5.23. The van der Waals surface area contributed by atoms with Crippen molar-refractivity contribution in [3.8, 4) is 0 Å². The topological polar surface area (TPSA) is 49.4 Å². The highest BCUT2D eigenvalue weighted by Gasteiger charge is 2.26. The maximum Gasteiger partial charge on any atom is 0.251 e. The Hall–Kier alpha value is -1.55. The number of benzene rings is 1. The van der Waals surface area contributed by atoms with Gasteiger partial charge in [0.2, 0.25) is 5.91 Å². The molecule has 0 aromatic heterocycles. The number of likely N-dealkylation sites (tertiary alicyclic amines) is 1. The van der Waals surface area contributed by atoms with Crippen LogP contribution in [0.5, 0.6) is 0 Å². The number of amides is 2. The number of nitrogens with zero attached hydrogens (tertiary/aromatic N) is 1. The average molecular weight is 309 g/mol. The van der Waals surface area contributed by atoms with Crippen molar-refractivity contribution in [3.05, 3.63) is 35.4 Å². The van der Waals surface area contributed by atoms with Crippen LogP contribution < -0.4 is 5.32 Å². The van der Waals surface area contributed by atoms with E-state index in [9.17, 15) is 9.59 Å². The van der Waals surface area contributed by atoms with Gasteiger partial charge < -0.3 is 10.2 Å². The Morgan fingerprint density at radius 1 is 1.29 bits per heavy atom. The first-order valence-corrected chi connectivity index (χ1v) is 7.72. The molecule has 4 nitrogen and oxygen atoms in total. The van der Waals surface area contributed by atoms with Crippen LogP contribution in [-0.4, -0.2) is 41.2 Å². The first-order chi connectivity index (χ1) is 9.99. The largest absolute Gasteiger partial charge is 0.349 e. The molecular formula is C16H21ClN2O2. The molecule has 21 heavy (non-hydrogen) atoms. The molecule has 1 heterocycles. The van der Waals surface area contributed by atoms with E-state index in [1.165, 1.54) is 0 Å². The Morgan fingerprint density at radius 3 is 2.48 bits per heavy atom. The number of halogens is 1. The number of hydrogen-bond acceptors (Lipinski definition) is 2. The smallest absolute Gasteiger partial charge is 0.251 e. The fourth-order valence-electron chi connectivity index (χ4n) is 2.59. The first kappa shape index (κ1) is 15.8. The maximum absolute atomic E-state index is 12.2. The van der Waals surface area contributed by atoms with Gasteiger partial charge in [0.05, 0.1) is 0 Å². The Balaban J connectivity index is 1.88. The van der Waals surface area contributed by atoms with Gasteiger partial charge in [0, 0.05) is 24.7 Å². The summed E-state index contributed by atoms with van der Waals surface area (Å²) in [5, 5.41) is 2.57. The van der Waals surface area contributed by atoms with Crippen molar-refractivity contribution in [2.45, 2.75) is 38.1 Å². The van der Waals surface area contributed by atoms with Crippen LogP contribution in [0.15, 0.2) is 24.3 Å². The van der Waals surface area contributed by atoms with E-state index in [0.717, 1.165) is 18.4 Å². The van der Waals surface area contributed by atoms with Crippen LogP contribution >= 0.6 is 11.6 Å². The lowest BCUT2D eigenvalue weighted by molar-refractivity contribution is -0.131. The number of carbonyl (C=O) groups excluding carboxylic acids is 2. The molecule has 1 saturated heterocycles. The molecule has 1 aliphatic heterocycles. The Bertz CT molecular complexity index is 523. The molecule has 2 amide bonds. The summed E-state index contributed by atoms with van der Waals surface area (Å²) in [5.74, 6) is -0.0658. The minimum Gasteiger partial charge on any atom is -0.349 e. The molecule has 0 radical (unpaired) electrons. The molecule has 0 aliphatic carbocycles. The third-order valence-corrected chi connectivity index (χ3v) is 4.06. The van der Waals surface area contributed by atoms with E-state index in [-0.39, 0.29) is 17.9 Å². The van der Waals surface area contributed by atoms with Gasteiger partial charge in [0.25, 0.3) is 5.91 Å². The van der Waals surface area contributed by atoms with Gasteiger partial charge >= 0.3 is 0 Å². The molecule has 0 bridgehead atoms. The fraction of sp³-hybridized carbons (Fsp3) is 0.500. The van der Waals surface area contributed by atoms with Crippen molar-refractivity contribution < 1.29 is 9.59 Å². The number of rotatable bonds is 3. The summed E-state index contributed by atoms with van der Waals surface area (Å²) >= 11 is 5.82. The quantitative estimate of drug-likeness (QED) is 0.871. The molecule has 1 atom stereocenters. The van der Waals surface area contributed by atoms with Crippen molar-refractivity contribution in [1.82, 2.24) is 10.2 Å². The Labute approximate surface area is 130 Å². The lowest BCUT2D eigenvalue weighted by Crippen LogP contribution is -2.48. The highest BCUT2D eigenvalue weighted by Crippen LogP contribution is 2.14. The number of carbonyl (C=O) groups is 2. The van der Waals surface area contributed by atoms with Crippen LogP contribution in [0.3, 0.4) is 0 Å². The molecule has 0 spiro atoms. The second-order valence-corrected chi connectivity index (χ2v) is 6.16. The molecule has 1 aromatic rings. The van der Waals surface area contributed by atoms with Gasteiger partial charge in [0.1, 0.15) is 5.38 Å². The highest BCUT2D eigenvalue weighted by atomic mass is 35.5. The van der Waals surface area contributed by atoms with E-state index in [1.807, 2.05) is 31.2 Å². The zero-order valence-corrected chi connectivity index (χ0v) is 13.2. The van der Waals surface area contributed by atoms with Gasteiger partial charge in [-0.3, -0.25) is 9.59 Å². The van der Waals surface area contributed by atoms with Gasteiger partial charge in [-0.15, -0.1) is 11.6 Å². The monoisotopic (exact) mass is 308 g/mol. The summed E-state index contributed by atoms with van der Waals surface area (Å²) in [6.07, 6.45) is 1.54. The minimum absolute atomic E-state index is 0.0275. The lowest BCUT2D eigenvalue weighted by Gasteiger charge is -2.33. The summed E-state index contributed by atoms with van der Waals surface area (Å²) in [4.78, 5) is 25.8. The summed E-state index contributed by atoms with van der Waals surface area (Å²) < 4.78 is 0. The predicted octanol–water partition coefficient (Wildman–Crippen LogP) is 2.34. The molecule has 0 saturated carbocycles. The van der Waals surface area contributed by atoms with Gasteiger partial charge in [-0.05, 0) is 38.3 Å². The predicted molar refractivity (Wildman–Crippen MR) is 83.6 cm³/mol. The van der Waals surface area contributed by atoms with Crippen LogP contribution in [0.1, 0.15) is 35.7 Å². The van der Waals surface area contributed by atoms with E-state index < -0.39 is 5.38 Å². The molecule has 1 aliphatic rings. The van der Waals surface area contributed by atoms with E-state index in [1.54, 1.807) is 11.8 Å². The Morgan fingerprint density at radius 2 is 1.90 bits per heavy atom. The molecule has 2 rings (SSSR count). The van der Waals surface area contributed by atoms with Crippen LogP contribution in [0.4, 0.5) is 0 Å². The SMILES string of the molecule is Cc1ccccc1C(=O)NC1CCN(C(=O)C(C)Cl)CC1. The first-order valence-electron chi connectivity index (χ1n) is 7.28. The lowest BCUT2D eigenvalue weighted by atomic mass is 10.0. The number of hydrogen-bond donors (Lipinski definition) is 1. The fourth-order valence-corrected chi connectivity index (χ4v) is 2.72. The standard InChI is InChI=1S/C16H21ClN2O2/c1-11-5-3-4-6-14(11)15(20)18-13-7-9-19(10-8-13)16(21)12(2)17/h3-6,12-13H,7-10H2,1-2H3,(H,18,20). The number of aryl methyl sites for hydroxylation is 1. The van der Waals surface area contributed by atoms with Gasteiger partial charge in [0.15, 0.2) is 0 Å². The molecule has 1 N–H and O–H groups in total. The highest BCUT2D eigenvalue weighted by molar-refractivity contribution is 6.30. The molecule has 1 unspecified atom stereocenters. The van der Waals surface area contributed by atoms with Crippen LogP contribution in [0.2, 0.25) is 0 Å². The third kappa shape index (κ3) is 3.97. The van der Waals surface area contributed by atoms with Crippen molar-refractivity contribution in [3.63, 3.8) is 0 Å². The summed E-state index contributed by atoms with van der Waals surface area (Å²) in [5.41, 5.74) is 1.68. The summed E-state index contributed by atoms with van der Waals surface area (Å²) in [6, 6.07) is 7.66. The van der Waals surface area contributed by atoms with Gasteiger partial charge in [-0.1, -0.05) is 18.2 Å². The number of alkyl halides is 1. The van der Waals surface area contributed by atoms with Crippen molar-refractivity contribution >= 4 is 23.4 Å². The molecule has 1 aromatic carbocycles. The second-order valence-electron chi connectivity index (χ2n) is 5.50. The van der Waals surface area contributed by atoms with Crippen LogP contribution in [0.25, 0.3) is 0 Å². The van der Waals surface area contributed by atoms with E-state index in [2.05, 4.69) is 5.32 Å². The maximum atomic E-state index is 12.2. The zero-order valence-electron chi connectivity index (χ0n) is 12.4. The number of piperidine rings is 1. The number of nitrogens with one attached hydrogen (secondary N) is 1. The molecule has 5 heteroatoms.